The average molecular weight is 422 g/mol. The summed E-state index contributed by atoms with van der Waals surface area (Å²) in [6.45, 7) is 1.54. The molecule has 3 N–H and O–H groups in total. The smallest absolute Gasteiger partial charge is 0.405 e. The third kappa shape index (κ3) is 3.27. The summed E-state index contributed by atoms with van der Waals surface area (Å²) in [5.41, 5.74) is 3.00. The van der Waals surface area contributed by atoms with Gasteiger partial charge in [-0.2, -0.15) is 0 Å². The van der Waals surface area contributed by atoms with Crippen LogP contribution in [0.5, 0.6) is 0 Å². The molecule has 0 unspecified atom stereocenters. The van der Waals surface area contributed by atoms with Crippen LogP contribution in [0.25, 0.3) is 22.2 Å². The lowest BCUT2D eigenvalue weighted by Crippen LogP contribution is -2.37. The number of nitrogens with zero attached hydrogens (tertiary/aromatic N) is 6. The number of aromatic amines is 1. The molecule has 11 heteroatoms. The van der Waals surface area contributed by atoms with E-state index in [1.165, 1.54) is 6.33 Å². The van der Waals surface area contributed by atoms with E-state index in [4.69, 9.17) is 5.11 Å². The molecule has 1 aromatic carbocycles. The van der Waals surface area contributed by atoms with Gasteiger partial charge in [0.25, 0.3) is 0 Å². The maximum absolute atomic E-state index is 12.5. The van der Waals surface area contributed by atoms with Gasteiger partial charge in [0.15, 0.2) is 17.0 Å². The normalized spacial score (nSPS) is 15.1. The topological polar surface area (TPSA) is 134 Å². The second-order valence-electron chi connectivity index (χ2n) is 7.65. The number of aromatic nitrogens is 6. The highest BCUT2D eigenvalue weighted by molar-refractivity contribution is 5.84. The number of nitrogens with one attached hydrogen (secondary N) is 2. The molecule has 1 amide bonds. The third-order valence-electron chi connectivity index (χ3n) is 5.88. The fourth-order valence-electron chi connectivity index (χ4n) is 4.35. The maximum atomic E-state index is 12.5. The molecule has 1 fully saturated rings. The van der Waals surface area contributed by atoms with Crippen LogP contribution in [0.1, 0.15) is 24.7 Å². The number of para-hydroxylation sites is 2. The number of fused-ring (bicyclic) bond motifs is 2. The molecule has 1 aliphatic rings. The van der Waals surface area contributed by atoms with Gasteiger partial charge in [0.1, 0.15) is 12.2 Å². The van der Waals surface area contributed by atoms with E-state index in [1.807, 2.05) is 28.8 Å². The monoisotopic (exact) mass is 422 g/mol. The zero-order chi connectivity index (χ0) is 21.5. The lowest BCUT2D eigenvalue weighted by molar-refractivity contribution is 0.193. The molecule has 160 valence electrons. The van der Waals surface area contributed by atoms with E-state index in [9.17, 15) is 9.59 Å². The highest BCUT2D eigenvalue weighted by Crippen LogP contribution is 2.30. The molecule has 0 radical (unpaired) electrons. The number of rotatable bonds is 4. The number of hydrogen-bond acceptors (Lipinski definition) is 6. The Labute approximate surface area is 176 Å². The number of anilines is 1. The molecule has 1 aliphatic heterocycles. The Bertz CT molecular complexity index is 1330. The standard InChI is InChI=1S/C20H22N8O3/c1-26-15(10-21-20(30)31)25-16-17(26)22-11-23-18(16)27-8-6-12(7-9-27)28-14-5-3-2-4-13(14)24-19(28)29/h2-5,11-12,21H,6-10H2,1H3,(H,24,29)(H,30,31). The van der Waals surface area contributed by atoms with Gasteiger partial charge in [-0.05, 0) is 25.0 Å². The van der Waals surface area contributed by atoms with Crippen LogP contribution >= 0.6 is 0 Å². The number of hydrogen-bond donors (Lipinski definition) is 3. The van der Waals surface area contributed by atoms with Crippen molar-refractivity contribution in [1.29, 1.82) is 0 Å². The van der Waals surface area contributed by atoms with E-state index in [-0.39, 0.29) is 18.3 Å². The molecule has 4 aromatic rings. The summed E-state index contributed by atoms with van der Waals surface area (Å²) in [5.74, 6) is 1.30. The second-order valence-corrected chi connectivity index (χ2v) is 7.65. The molecule has 0 spiro atoms. The molecule has 0 saturated carbocycles. The second kappa shape index (κ2) is 7.42. The first-order valence-corrected chi connectivity index (χ1v) is 10.1. The van der Waals surface area contributed by atoms with Crippen LogP contribution in [0.15, 0.2) is 35.4 Å². The van der Waals surface area contributed by atoms with E-state index in [0.717, 1.165) is 42.8 Å². The first-order chi connectivity index (χ1) is 15.0. The van der Waals surface area contributed by atoms with Crippen LogP contribution in [-0.2, 0) is 13.6 Å². The minimum absolute atomic E-state index is 0.0793. The molecular weight excluding hydrogens is 400 g/mol. The highest BCUT2D eigenvalue weighted by atomic mass is 16.4. The average Bonchev–Trinajstić information content (AvgIpc) is 3.28. The fourth-order valence-corrected chi connectivity index (χ4v) is 4.35. The van der Waals surface area contributed by atoms with Gasteiger partial charge in [0, 0.05) is 26.2 Å². The number of benzene rings is 1. The summed E-state index contributed by atoms with van der Waals surface area (Å²) in [5, 5.41) is 11.2. The minimum atomic E-state index is -1.10. The van der Waals surface area contributed by atoms with E-state index in [2.05, 4.69) is 30.2 Å². The number of carboxylic acid groups (broad SMARTS) is 1. The van der Waals surface area contributed by atoms with Gasteiger partial charge in [-0.25, -0.2) is 24.5 Å². The Hall–Kier alpha value is -3.89. The van der Waals surface area contributed by atoms with Gasteiger partial charge in [0.05, 0.1) is 17.6 Å². The molecule has 11 nitrogen and oxygen atoms in total. The van der Waals surface area contributed by atoms with Crippen LogP contribution in [0.3, 0.4) is 0 Å². The SMILES string of the molecule is Cn1c(CNC(=O)O)nc2c(N3CCC(n4c(=O)[nH]c5ccccc54)CC3)ncnc21. The van der Waals surface area contributed by atoms with Crippen molar-refractivity contribution < 1.29 is 9.90 Å². The Morgan fingerprint density at radius 2 is 2.03 bits per heavy atom. The molecule has 0 aliphatic carbocycles. The predicted molar refractivity (Wildman–Crippen MR) is 114 cm³/mol. The first-order valence-electron chi connectivity index (χ1n) is 10.1. The van der Waals surface area contributed by atoms with Gasteiger partial charge in [-0.3, -0.25) is 4.57 Å². The van der Waals surface area contributed by atoms with Crippen LogP contribution in [0.4, 0.5) is 10.6 Å². The molecule has 4 heterocycles. The fraction of sp³-hybridized carbons (Fsp3) is 0.350. The van der Waals surface area contributed by atoms with Gasteiger partial charge < -0.3 is 24.9 Å². The zero-order valence-electron chi connectivity index (χ0n) is 16.9. The van der Waals surface area contributed by atoms with Crippen LogP contribution in [0.2, 0.25) is 0 Å². The van der Waals surface area contributed by atoms with Crippen molar-refractivity contribution in [3.63, 3.8) is 0 Å². The van der Waals surface area contributed by atoms with E-state index >= 15 is 0 Å². The van der Waals surface area contributed by atoms with E-state index in [0.29, 0.717) is 17.0 Å². The van der Waals surface area contributed by atoms with Gasteiger partial charge >= 0.3 is 11.8 Å². The molecule has 0 atom stereocenters. The highest BCUT2D eigenvalue weighted by Gasteiger charge is 2.26. The van der Waals surface area contributed by atoms with Crippen molar-refractivity contribution in [2.45, 2.75) is 25.4 Å². The molecule has 1 saturated heterocycles. The summed E-state index contributed by atoms with van der Waals surface area (Å²) in [6.07, 6.45) is 2.00. The Balaban J connectivity index is 1.40. The number of H-pyrrole nitrogens is 1. The summed E-state index contributed by atoms with van der Waals surface area (Å²) < 4.78 is 3.63. The van der Waals surface area contributed by atoms with Crippen LogP contribution in [0, 0.1) is 0 Å². The number of aryl methyl sites for hydroxylation is 1. The number of piperidine rings is 1. The molecule has 31 heavy (non-hydrogen) atoms. The van der Waals surface area contributed by atoms with Crippen molar-refractivity contribution in [2.24, 2.45) is 7.05 Å². The quantitative estimate of drug-likeness (QED) is 0.455. The van der Waals surface area contributed by atoms with Gasteiger partial charge in [-0.15, -0.1) is 0 Å². The third-order valence-corrected chi connectivity index (χ3v) is 5.88. The number of amides is 1. The van der Waals surface area contributed by atoms with Crippen molar-refractivity contribution in [3.05, 3.63) is 46.9 Å². The van der Waals surface area contributed by atoms with Crippen molar-refractivity contribution in [1.82, 2.24) is 34.4 Å². The van der Waals surface area contributed by atoms with Crippen LogP contribution in [-0.4, -0.2) is 53.4 Å². The van der Waals surface area contributed by atoms with Crippen molar-refractivity contribution in [2.75, 3.05) is 18.0 Å². The largest absolute Gasteiger partial charge is 0.465 e. The minimum Gasteiger partial charge on any atom is -0.465 e. The molecular formula is C20H22N8O3. The van der Waals surface area contributed by atoms with Gasteiger partial charge in [-0.1, -0.05) is 12.1 Å². The predicted octanol–water partition coefficient (Wildman–Crippen LogP) is 1.62. The number of imidazole rings is 2. The summed E-state index contributed by atoms with van der Waals surface area (Å²) in [7, 11) is 1.81. The lowest BCUT2D eigenvalue weighted by Gasteiger charge is -2.33. The Kier molecular flexibility index (Phi) is 4.57. The lowest BCUT2D eigenvalue weighted by atomic mass is 10.0. The summed E-state index contributed by atoms with van der Waals surface area (Å²) in [4.78, 5) is 41.8. The summed E-state index contributed by atoms with van der Waals surface area (Å²) >= 11 is 0. The maximum Gasteiger partial charge on any atom is 0.405 e. The van der Waals surface area contributed by atoms with Crippen molar-refractivity contribution >= 4 is 34.1 Å². The van der Waals surface area contributed by atoms with Gasteiger partial charge in [0.2, 0.25) is 0 Å². The van der Waals surface area contributed by atoms with E-state index in [1.54, 1.807) is 11.6 Å². The molecule has 3 aromatic heterocycles. The summed E-state index contributed by atoms with van der Waals surface area (Å²) in [6, 6.07) is 7.85. The Morgan fingerprint density at radius 3 is 2.81 bits per heavy atom. The Morgan fingerprint density at radius 1 is 1.26 bits per heavy atom. The van der Waals surface area contributed by atoms with E-state index < -0.39 is 6.09 Å². The molecule has 5 rings (SSSR count). The van der Waals surface area contributed by atoms with Crippen LogP contribution < -0.4 is 15.9 Å². The first kappa shape index (κ1) is 19.1. The molecule has 0 bridgehead atoms. The number of carbonyl (C=O) groups is 1. The zero-order valence-corrected chi connectivity index (χ0v) is 16.9. The van der Waals surface area contributed by atoms with Crippen molar-refractivity contribution in [3.8, 4) is 0 Å².